The Morgan fingerprint density at radius 2 is 2.30 bits per heavy atom. The molecule has 1 aliphatic heterocycles. The summed E-state index contributed by atoms with van der Waals surface area (Å²) in [7, 11) is 0. The van der Waals surface area contributed by atoms with Gasteiger partial charge in [-0.05, 0) is 18.9 Å². The van der Waals surface area contributed by atoms with Crippen LogP contribution in [0.4, 0.5) is 5.69 Å². The third kappa shape index (κ3) is 1.09. The predicted molar refractivity (Wildman–Crippen MR) is 77.1 cm³/mol. The van der Waals surface area contributed by atoms with Gasteiger partial charge in [-0.15, -0.1) is 0 Å². The molecular formula is C15H16ClN3O. The SMILES string of the molecule is OC1C2CCCC23C1CN3c1cc(Cl)cn2cncc12. The van der Waals surface area contributed by atoms with Crippen molar-refractivity contribution in [3.63, 3.8) is 0 Å². The Balaban J connectivity index is 1.65. The molecule has 2 aromatic rings. The number of fused-ring (bicyclic) bond motifs is 1. The lowest BCUT2D eigenvalue weighted by Gasteiger charge is -2.71. The van der Waals surface area contributed by atoms with E-state index >= 15 is 0 Å². The molecule has 2 aromatic heterocycles. The van der Waals surface area contributed by atoms with Crippen molar-refractivity contribution in [3.8, 4) is 0 Å². The first-order valence-electron chi connectivity index (χ1n) is 7.29. The van der Waals surface area contributed by atoms with Crippen molar-refractivity contribution in [1.82, 2.24) is 9.38 Å². The number of aliphatic hydroxyl groups is 1. The minimum absolute atomic E-state index is 0.0890. The van der Waals surface area contributed by atoms with Crippen molar-refractivity contribution in [1.29, 1.82) is 0 Å². The van der Waals surface area contributed by atoms with E-state index in [1.165, 1.54) is 18.5 Å². The van der Waals surface area contributed by atoms with Gasteiger partial charge in [-0.3, -0.25) is 0 Å². The molecule has 4 nitrogen and oxygen atoms in total. The molecule has 1 spiro atoms. The number of anilines is 1. The summed E-state index contributed by atoms with van der Waals surface area (Å²) in [5.41, 5.74) is 2.48. The number of nitrogens with zero attached hydrogens (tertiary/aromatic N) is 3. The van der Waals surface area contributed by atoms with Crippen LogP contribution in [0.1, 0.15) is 19.3 Å². The quantitative estimate of drug-likeness (QED) is 0.876. The molecular weight excluding hydrogens is 274 g/mol. The zero-order valence-electron chi connectivity index (χ0n) is 11.0. The van der Waals surface area contributed by atoms with Crippen LogP contribution in [-0.4, -0.2) is 32.7 Å². The first-order chi connectivity index (χ1) is 9.72. The van der Waals surface area contributed by atoms with Crippen LogP contribution in [0.25, 0.3) is 5.52 Å². The van der Waals surface area contributed by atoms with Crippen LogP contribution < -0.4 is 4.90 Å². The van der Waals surface area contributed by atoms with E-state index in [4.69, 9.17) is 11.6 Å². The number of hydrogen-bond donors (Lipinski definition) is 1. The molecule has 2 aliphatic carbocycles. The minimum atomic E-state index is -0.0890. The summed E-state index contributed by atoms with van der Waals surface area (Å²) < 4.78 is 1.99. The third-order valence-corrected chi connectivity index (χ3v) is 6.05. The van der Waals surface area contributed by atoms with Crippen LogP contribution in [0.15, 0.2) is 24.8 Å². The molecule has 2 saturated carbocycles. The topological polar surface area (TPSA) is 40.8 Å². The lowest BCUT2D eigenvalue weighted by molar-refractivity contribution is -0.146. The Morgan fingerprint density at radius 1 is 1.40 bits per heavy atom. The van der Waals surface area contributed by atoms with Crippen LogP contribution in [0.2, 0.25) is 5.02 Å². The van der Waals surface area contributed by atoms with Gasteiger partial charge in [0.05, 0.1) is 40.4 Å². The van der Waals surface area contributed by atoms with E-state index in [9.17, 15) is 5.11 Å². The number of aliphatic hydroxyl groups excluding tert-OH is 1. The molecule has 4 atom stereocenters. The van der Waals surface area contributed by atoms with E-state index < -0.39 is 0 Å². The smallest absolute Gasteiger partial charge is 0.0993 e. The van der Waals surface area contributed by atoms with Crippen molar-refractivity contribution in [2.75, 3.05) is 11.4 Å². The maximum absolute atomic E-state index is 10.2. The number of aromatic nitrogens is 2. The zero-order chi connectivity index (χ0) is 13.5. The minimum Gasteiger partial charge on any atom is -0.392 e. The summed E-state index contributed by atoms with van der Waals surface area (Å²) in [6, 6.07) is 2.05. The highest BCUT2D eigenvalue weighted by Crippen LogP contribution is 2.65. The number of piperidine rings is 1. The van der Waals surface area contributed by atoms with Gasteiger partial charge in [0.1, 0.15) is 0 Å². The van der Waals surface area contributed by atoms with E-state index in [1.807, 2.05) is 22.9 Å². The van der Waals surface area contributed by atoms with Gasteiger partial charge in [-0.2, -0.15) is 0 Å². The molecule has 3 fully saturated rings. The molecule has 20 heavy (non-hydrogen) atoms. The van der Waals surface area contributed by atoms with E-state index in [2.05, 4.69) is 9.88 Å². The van der Waals surface area contributed by atoms with E-state index in [-0.39, 0.29) is 11.6 Å². The number of rotatable bonds is 1. The fourth-order valence-corrected chi connectivity index (χ4v) is 5.21. The van der Waals surface area contributed by atoms with E-state index in [1.54, 1.807) is 6.33 Å². The van der Waals surface area contributed by atoms with Gasteiger partial charge in [0.25, 0.3) is 0 Å². The van der Waals surface area contributed by atoms with Crippen LogP contribution >= 0.6 is 11.6 Å². The predicted octanol–water partition coefficient (Wildman–Crippen LogP) is 2.34. The molecule has 4 unspecified atom stereocenters. The maximum Gasteiger partial charge on any atom is 0.0993 e. The second kappa shape index (κ2) is 3.49. The molecule has 3 aliphatic rings. The number of hydrogen-bond acceptors (Lipinski definition) is 3. The zero-order valence-corrected chi connectivity index (χ0v) is 11.8. The number of imidazole rings is 1. The Morgan fingerprint density at radius 3 is 3.20 bits per heavy atom. The summed E-state index contributed by atoms with van der Waals surface area (Å²) in [5.74, 6) is 0.903. The van der Waals surface area contributed by atoms with Crippen LogP contribution in [0, 0.1) is 11.8 Å². The fraction of sp³-hybridized carbons (Fsp3) is 0.533. The fourth-order valence-electron chi connectivity index (χ4n) is 5.00. The second-order valence-electron chi connectivity index (χ2n) is 6.43. The molecule has 3 heterocycles. The van der Waals surface area contributed by atoms with Crippen molar-refractivity contribution in [2.45, 2.75) is 30.9 Å². The average Bonchev–Trinajstić information content (AvgIpc) is 3.03. The van der Waals surface area contributed by atoms with Crippen molar-refractivity contribution in [2.24, 2.45) is 11.8 Å². The highest BCUT2D eigenvalue weighted by atomic mass is 35.5. The Hall–Kier alpha value is -1.26. The molecule has 104 valence electrons. The van der Waals surface area contributed by atoms with E-state index in [0.29, 0.717) is 11.8 Å². The van der Waals surface area contributed by atoms with Crippen molar-refractivity contribution < 1.29 is 5.11 Å². The molecule has 0 radical (unpaired) electrons. The summed E-state index contributed by atoms with van der Waals surface area (Å²) in [6.45, 7) is 0.943. The van der Waals surface area contributed by atoms with E-state index in [0.717, 1.165) is 23.5 Å². The molecule has 5 heteroatoms. The standard InChI is InChI=1S/C15H16ClN3O/c16-9-4-12(13-5-17-8-18(13)6-9)19-7-11-14(20)10-2-1-3-15(10,11)19/h4-6,8,10-11,14,20H,1-3,7H2. The second-order valence-corrected chi connectivity index (χ2v) is 6.86. The lowest BCUT2D eigenvalue weighted by Crippen LogP contribution is -2.82. The lowest BCUT2D eigenvalue weighted by atomic mass is 9.51. The maximum atomic E-state index is 10.2. The van der Waals surface area contributed by atoms with Crippen LogP contribution in [0.5, 0.6) is 0 Å². The highest BCUT2D eigenvalue weighted by molar-refractivity contribution is 6.31. The van der Waals surface area contributed by atoms with Gasteiger partial charge in [-0.25, -0.2) is 4.98 Å². The molecule has 1 N–H and O–H groups in total. The summed E-state index contributed by atoms with van der Waals surface area (Å²) in [6.07, 6.45) is 9.08. The monoisotopic (exact) mass is 289 g/mol. The largest absolute Gasteiger partial charge is 0.392 e. The van der Waals surface area contributed by atoms with Gasteiger partial charge < -0.3 is 14.4 Å². The molecule has 1 saturated heterocycles. The van der Waals surface area contributed by atoms with Gasteiger partial charge in [0, 0.05) is 24.6 Å². The van der Waals surface area contributed by atoms with Gasteiger partial charge in [0.2, 0.25) is 0 Å². The first-order valence-corrected chi connectivity index (χ1v) is 7.66. The third-order valence-electron chi connectivity index (χ3n) is 5.84. The Labute approximate surface area is 122 Å². The van der Waals surface area contributed by atoms with Gasteiger partial charge in [-0.1, -0.05) is 18.0 Å². The summed E-state index contributed by atoms with van der Waals surface area (Å²) in [4.78, 5) is 6.71. The Kier molecular flexibility index (Phi) is 1.99. The summed E-state index contributed by atoms with van der Waals surface area (Å²) in [5, 5.41) is 11.0. The van der Waals surface area contributed by atoms with Crippen molar-refractivity contribution >= 4 is 22.8 Å². The first kappa shape index (κ1) is 11.4. The van der Waals surface area contributed by atoms with Crippen molar-refractivity contribution in [3.05, 3.63) is 29.8 Å². The number of halogens is 1. The molecule has 5 rings (SSSR count). The normalized spacial score (nSPS) is 38.3. The van der Waals surface area contributed by atoms with Gasteiger partial charge >= 0.3 is 0 Å². The summed E-state index contributed by atoms with van der Waals surface area (Å²) >= 11 is 6.25. The number of pyridine rings is 1. The van der Waals surface area contributed by atoms with Gasteiger partial charge in [0.15, 0.2) is 0 Å². The van der Waals surface area contributed by atoms with Crippen LogP contribution in [-0.2, 0) is 0 Å². The molecule has 0 bridgehead atoms. The Bertz CT molecular complexity index is 714. The average molecular weight is 290 g/mol. The highest BCUT2D eigenvalue weighted by Gasteiger charge is 2.72. The molecule has 0 amide bonds. The van der Waals surface area contributed by atoms with Crippen LogP contribution in [0.3, 0.4) is 0 Å². The molecule has 0 aromatic carbocycles.